The van der Waals surface area contributed by atoms with Gasteiger partial charge in [0.15, 0.2) is 0 Å². The molecule has 0 saturated heterocycles. The second kappa shape index (κ2) is 6.36. The number of hydrogen-bond donors (Lipinski definition) is 2. The van der Waals surface area contributed by atoms with Gasteiger partial charge in [-0.15, -0.1) is 0 Å². The minimum absolute atomic E-state index is 0.500. The SMILES string of the molecule is CC(O)(CNC/C=C/c1ccco1)c1ccccc1. The Labute approximate surface area is 113 Å². The van der Waals surface area contributed by atoms with E-state index in [1.807, 2.05) is 61.5 Å². The first-order valence-electron chi connectivity index (χ1n) is 6.37. The molecule has 1 atom stereocenters. The molecule has 2 N–H and O–H groups in total. The fraction of sp³-hybridized carbons (Fsp3) is 0.250. The van der Waals surface area contributed by atoms with Gasteiger partial charge < -0.3 is 14.8 Å². The Morgan fingerprint density at radius 1 is 1.21 bits per heavy atom. The van der Waals surface area contributed by atoms with Gasteiger partial charge >= 0.3 is 0 Å². The van der Waals surface area contributed by atoms with E-state index in [9.17, 15) is 5.11 Å². The lowest BCUT2D eigenvalue weighted by Gasteiger charge is -2.24. The summed E-state index contributed by atoms with van der Waals surface area (Å²) in [5.74, 6) is 0.830. The van der Waals surface area contributed by atoms with Crippen LogP contribution < -0.4 is 5.32 Å². The Kier molecular flexibility index (Phi) is 4.55. The number of aliphatic hydroxyl groups is 1. The summed E-state index contributed by atoms with van der Waals surface area (Å²) in [6.45, 7) is 2.99. The van der Waals surface area contributed by atoms with Crippen molar-refractivity contribution < 1.29 is 9.52 Å². The van der Waals surface area contributed by atoms with Gasteiger partial charge in [-0.05, 0) is 30.7 Å². The maximum Gasteiger partial charge on any atom is 0.126 e. The van der Waals surface area contributed by atoms with Crippen molar-refractivity contribution in [2.24, 2.45) is 0 Å². The monoisotopic (exact) mass is 257 g/mol. The maximum atomic E-state index is 10.4. The average Bonchev–Trinajstić information content (AvgIpc) is 2.92. The van der Waals surface area contributed by atoms with Crippen molar-refractivity contribution in [2.45, 2.75) is 12.5 Å². The zero-order valence-electron chi connectivity index (χ0n) is 11.0. The third-order valence-corrected chi connectivity index (χ3v) is 2.95. The largest absolute Gasteiger partial charge is 0.465 e. The van der Waals surface area contributed by atoms with Crippen LogP contribution in [0.3, 0.4) is 0 Å². The van der Waals surface area contributed by atoms with E-state index in [1.165, 1.54) is 0 Å². The number of nitrogens with one attached hydrogen (secondary N) is 1. The van der Waals surface area contributed by atoms with E-state index in [4.69, 9.17) is 4.42 Å². The summed E-state index contributed by atoms with van der Waals surface area (Å²) in [5, 5.41) is 13.6. The predicted molar refractivity (Wildman–Crippen MR) is 76.6 cm³/mol. The highest BCUT2D eigenvalue weighted by Gasteiger charge is 2.21. The molecule has 0 aliphatic carbocycles. The molecule has 3 nitrogen and oxygen atoms in total. The minimum Gasteiger partial charge on any atom is -0.465 e. The highest BCUT2D eigenvalue weighted by atomic mass is 16.3. The fourth-order valence-corrected chi connectivity index (χ4v) is 1.86. The van der Waals surface area contributed by atoms with Crippen molar-refractivity contribution in [3.05, 3.63) is 66.1 Å². The van der Waals surface area contributed by atoms with E-state index >= 15 is 0 Å². The number of rotatable bonds is 6. The summed E-state index contributed by atoms with van der Waals surface area (Å²) in [4.78, 5) is 0. The Bertz CT molecular complexity index is 501. The third-order valence-electron chi connectivity index (χ3n) is 2.95. The molecule has 1 aromatic heterocycles. The Morgan fingerprint density at radius 2 is 2.00 bits per heavy atom. The lowest BCUT2D eigenvalue weighted by molar-refractivity contribution is 0.0581. The molecule has 2 aromatic rings. The summed E-state index contributed by atoms with van der Waals surface area (Å²) >= 11 is 0. The molecule has 0 aliphatic heterocycles. The molecule has 3 heteroatoms. The van der Waals surface area contributed by atoms with Crippen LogP contribution in [0.15, 0.2) is 59.2 Å². The molecule has 100 valence electrons. The van der Waals surface area contributed by atoms with Gasteiger partial charge in [-0.1, -0.05) is 36.4 Å². The molecule has 0 radical (unpaired) electrons. The summed E-state index contributed by atoms with van der Waals surface area (Å²) in [7, 11) is 0. The van der Waals surface area contributed by atoms with Crippen LogP contribution in [0.2, 0.25) is 0 Å². The lowest BCUT2D eigenvalue weighted by atomic mass is 9.96. The molecule has 19 heavy (non-hydrogen) atoms. The van der Waals surface area contributed by atoms with Gasteiger partial charge in [-0.25, -0.2) is 0 Å². The van der Waals surface area contributed by atoms with Gasteiger partial charge in [-0.2, -0.15) is 0 Å². The van der Waals surface area contributed by atoms with E-state index in [2.05, 4.69) is 5.32 Å². The topological polar surface area (TPSA) is 45.4 Å². The molecule has 0 saturated carbocycles. The first-order chi connectivity index (χ1) is 9.18. The van der Waals surface area contributed by atoms with E-state index in [0.29, 0.717) is 13.1 Å². The number of benzene rings is 1. The Hall–Kier alpha value is -1.84. The molecule has 0 bridgehead atoms. The normalized spacial score (nSPS) is 14.6. The molecule has 0 amide bonds. The molecule has 2 rings (SSSR count). The van der Waals surface area contributed by atoms with Crippen LogP contribution in [0.25, 0.3) is 6.08 Å². The van der Waals surface area contributed by atoms with E-state index in [-0.39, 0.29) is 0 Å². The van der Waals surface area contributed by atoms with Crippen LogP contribution in [-0.4, -0.2) is 18.2 Å². The van der Waals surface area contributed by atoms with Crippen molar-refractivity contribution in [3.8, 4) is 0 Å². The van der Waals surface area contributed by atoms with Crippen molar-refractivity contribution in [3.63, 3.8) is 0 Å². The zero-order valence-corrected chi connectivity index (χ0v) is 11.0. The minimum atomic E-state index is -0.861. The smallest absolute Gasteiger partial charge is 0.126 e. The molecule has 1 heterocycles. The van der Waals surface area contributed by atoms with Crippen LogP contribution in [0.4, 0.5) is 0 Å². The van der Waals surface area contributed by atoms with Crippen molar-refractivity contribution in [2.75, 3.05) is 13.1 Å². The molecule has 0 fully saturated rings. The summed E-state index contributed by atoms with van der Waals surface area (Å²) < 4.78 is 5.19. The number of furan rings is 1. The second-order valence-corrected chi connectivity index (χ2v) is 4.69. The first kappa shape index (κ1) is 13.6. The maximum absolute atomic E-state index is 10.4. The Balaban J connectivity index is 1.79. The van der Waals surface area contributed by atoms with Crippen LogP contribution in [0.1, 0.15) is 18.2 Å². The van der Waals surface area contributed by atoms with Crippen LogP contribution in [-0.2, 0) is 5.60 Å². The van der Waals surface area contributed by atoms with E-state index < -0.39 is 5.60 Å². The van der Waals surface area contributed by atoms with Crippen molar-refractivity contribution >= 4 is 6.08 Å². The van der Waals surface area contributed by atoms with Gasteiger partial charge in [0, 0.05) is 13.1 Å². The predicted octanol–water partition coefficient (Wildman–Crippen LogP) is 2.79. The highest BCUT2D eigenvalue weighted by molar-refractivity contribution is 5.42. The first-order valence-corrected chi connectivity index (χ1v) is 6.37. The molecule has 1 unspecified atom stereocenters. The molecular formula is C16H19NO2. The molecule has 0 spiro atoms. The lowest BCUT2D eigenvalue weighted by Crippen LogP contribution is -2.35. The molecule has 0 aliphatic rings. The molecule has 1 aromatic carbocycles. The van der Waals surface area contributed by atoms with Crippen LogP contribution >= 0.6 is 0 Å². The van der Waals surface area contributed by atoms with Crippen LogP contribution in [0, 0.1) is 0 Å². The van der Waals surface area contributed by atoms with Gasteiger partial charge in [0.1, 0.15) is 5.76 Å². The fourth-order valence-electron chi connectivity index (χ4n) is 1.86. The van der Waals surface area contributed by atoms with E-state index in [1.54, 1.807) is 6.26 Å². The number of hydrogen-bond acceptors (Lipinski definition) is 3. The van der Waals surface area contributed by atoms with E-state index in [0.717, 1.165) is 11.3 Å². The Morgan fingerprint density at radius 3 is 2.68 bits per heavy atom. The summed E-state index contributed by atoms with van der Waals surface area (Å²) in [6.07, 6.45) is 5.53. The van der Waals surface area contributed by atoms with Crippen molar-refractivity contribution in [1.82, 2.24) is 5.32 Å². The quantitative estimate of drug-likeness (QED) is 0.782. The van der Waals surface area contributed by atoms with Gasteiger partial charge in [0.2, 0.25) is 0 Å². The second-order valence-electron chi connectivity index (χ2n) is 4.69. The zero-order chi connectivity index (χ0) is 13.6. The van der Waals surface area contributed by atoms with Crippen molar-refractivity contribution in [1.29, 1.82) is 0 Å². The highest BCUT2D eigenvalue weighted by Crippen LogP contribution is 2.18. The summed E-state index contributed by atoms with van der Waals surface area (Å²) in [6, 6.07) is 13.4. The average molecular weight is 257 g/mol. The summed E-state index contributed by atoms with van der Waals surface area (Å²) in [5.41, 5.74) is 0.0530. The third kappa shape index (κ3) is 4.09. The standard InChI is InChI=1S/C16H19NO2/c1-16(18,14-7-3-2-4-8-14)13-17-11-5-9-15-10-6-12-19-15/h2-10,12,17-18H,11,13H2,1H3/b9-5+. The van der Waals surface area contributed by atoms with Gasteiger partial charge in [0.25, 0.3) is 0 Å². The van der Waals surface area contributed by atoms with Gasteiger partial charge in [0.05, 0.1) is 11.9 Å². The molecular weight excluding hydrogens is 238 g/mol. The van der Waals surface area contributed by atoms with Gasteiger partial charge in [-0.3, -0.25) is 0 Å². The van der Waals surface area contributed by atoms with Crippen LogP contribution in [0.5, 0.6) is 0 Å².